The molecule has 1 amide bonds. The summed E-state index contributed by atoms with van der Waals surface area (Å²) in [5, 5.41) is 3.33. The molecule has 0 spiro atoms. The topological polar surface area (TPSA) is 75.3 Å². The molecule has 0 radical (unpaired) electrons. The van der Waals surface area contributed by atoms with Crippen LogP contribution in [0.5, 0.6) is 0 Å². The Labute approximate surface area is 140 Å². The average Bonchev–Trinajstić information content (AvgIpc) is 2.53. The first kappa shape index (κ1) is 17.5. The number of nitrogens with one attached hydrogen (secondary N) is 2. The molecular weight excluding hydrogens is 336 g/mol. The number of rotatable bonds is 6. The summed E-state index contributed by atoms with van der Waals surface area (Å²) in [4.78, 5) is 12.2. The molecule has 2 aromatic rings. The highest BCUT2D eigenvalue weighted by Gasteiger charge is 2.15. The van der Waals surface area contributed by atoms with E-state index in [2.05, 4.69) is 10.0 Å². The molecule has 0 aliphatic heterocycles. The van der Waals surface area contributed by atoms with Crippen LogP contribution in [0.1, 0.15) is 22.8 Å². The maximum atomic E-state index is 12.2. The molecular formula is C16H17ClN2O3S. The summed E-state index contributed by atoms with van der Waals surface area (Å²) in [6, 6.07) is 13.1. The van der Waals surface area contributed by atoms with Gasteiger partial charge in [0.1, 0.15) is 0 Å². The second-order valence-corrected chi connectivity index (χ2v) is 7.05. The molecule has 23 heavy (non-hydrogen) atoms. The third-order valence-corrected chi connectivity index (χ3v) is 4.86. The van der Waals surface area contributed by atoms with Crippen LogP contribution in [-0.2, 0) is 16.6 Å². The fourth-order valence-corrected chi connectivity index (χ4v) is 3.31. The van der Waals surface area contributed by atoms with Crippen LogP contribution in [-0.4, -0.2) is 20.9 Å². The summed E-state index contributed by atoms with van der Waals surface area (Å²) in [5.74, 6) is -0.349. The molecule has 0 aliphatic rings. The summed E-state index contributed by atoms with van der Waals surface area (Å²) in [7, 11) is -3.59. The predicted octanol–water partition coefficient (Wildman–Crippen LogP) is 2.57. The molecule has 0 saturated carbocycles. The van der Waals surface area contributed by atoms with Crippen LogP contribution >= 0.6 is 11.6 Å². The minimum Gasteiger partial charge on any atom is -0.348 e. The maximum absolute atomic E-state index is 12.2. The Balaban J connectivity index is 2.11. The minimum absolute atomic E-state index is 0.0646. The molecule has 0 bridgehead atoms. The Morgan fingerprint density at radius 3 is 2.57 bits per heavy atom. The van der Waals surface area contributed by atoms with Crippen molar-refractivity contribution >= 4 is 27.5 Å². The molecule has 0 atom stereocenters. The van der Waals surface area contributed by atoms with Crippen LogP contribution < -0.4 is 10.0 Å². The van der Waals surface area contributed by atoms with Gasteiger partial charge in [-0.25, -0.2) is 13.1 Å². The number of hydrogen-bond acceptors (Lipinski definition) is 3. The van der Waals surface area contributed by atoms with Crippen LogP contribution in [0.15, 0.2) is 53.4 Å². The van der Waals surface area contributed by atoms with E-state index in [-0.39, 0.29) is 22.9 Å². The lowest BCUT2D eigenvalue weighted by atomic mass is 10.2. The maximum Gasteiger partial charge on any atom is 0.251 e. The number of benzene rings is 2. The van der Waals surface area contributed by atoms with Gasteiger partial charge in [0.05, 0.1) is 4.90 Å². The fourth-order valence-electron chi connectivity index (χ4n) is 2.01. The van der Waals surface area contributed by atoms with Gasteiger partial charge in [-0.05, 0) is 35.9 Å². The highest BCUT2D eigenvalue weighted by Crippen LogP contribution is 2.13. The smallest absolute Gasteiger partial charge is 0.251 e. The van der Waals surface area contributed by atoms with Crippen LogP contribution in [0.25, 0.3) is 0 Å². The van der Waals surface area contributed by atoms with E-state index in [4.69, 9.17) is 11.6 Å². The van der Waals surface area contributed by atoms with Crippen molar-refractivity contribution in [2.75, 3.05) is 6.54 Å². The normalized spacial score (nSPS) is 11.2. The number of carbonyl (C=O) groups is 1. The summed E-state index contributed by atoms with van der Waals surface area (Å²) >= 11 is 5.89. The van der Waals surface area contributed by atoms with Crippen LogP contribution in [0.4, 0.5) is 0 Å². The van der Waals surface area contributed by atoms with E-state index in [9.17, 15) is 13.2 Å². The molecule has 7 heteroatoms. The van der Waals surface area contributed by atoms with Gasteiger partial charge in [-0.1, -0.05) is 36.7 Å². The molecule has 122 valence electrons. The lowest BCUT2D eigenvalue weighted by Gasteiger charge is -2.08. The summed E-state index contributed by atoms with van der Waals surface area (Å²) < 4.78 is 26.3. The van der Waals surface area contributed by atoms with Gasteiger partial charge in [0.25, 0.3) is 5.91 Å². The molecule has 0 aliphatic carbocycles. The van der Waals surface area contributed by atoms with Crippen molar-refractivity contribution < 1.29 is 13.2 Å². The Morgan fingerprint density at radius 1 is 1.13 bits per heavy atom. The van der Waals surface area contributed by atoms with Gasteiger partial charge in [0.2, 0.25) is 10.0 Å². The first-order chi connectivity index (χ1) is 10.9. The zero-order valence-electron chi connectivity index (χ0n) is 12.5. The summed E-state index contributed by atoms with van der Waals surface area (Å²) in [5.41, 5.74) is 1.15. The Hall–Kier alpha value is -1.89. The van der Waals surface area contributed by atoms with Gasteiger partial charge < -0.3 is 5.32 Å². The number of amides is 1. The second kappa shape index (κ2) is 7.59. The summed E-state index contributed by atoms with van der Waals surface area (Å²) in [6.07, 6.45) is 0. The molecule has 0 fully saturated rings. The van der Waals surface area contributed by atoms with Crippen molar-refractivity contribution in [3.63, 3.8) is 0 Å². The van der Waals surface area contributed by atoms with Crippen molar-refractivity contribution in [1.82, 2.24) is 10.0 Å². The van der Waals surface area contributed by atoms with Crippen LogP contribution in [0.2, 0.25) is 5.02 Å². The molecule has 5 nitrogen and oxygen atoms in total. The Kier molecular flexibility index (Phi) is 5.76. The summed E-state index contributed by atoms with van der Waals surface area (Å²) in [6.45, 7) is 2.29. The van der Waals surface area contributed by atoms with Crippen molar-refractivity contribution in [2.24, 2.45) is 0 Å². The number of carbonyl (C=O) groups excluding carboxylic acids is 1. The van der Waals surface area contributed by atoms with E-state index in [0.29, 0.717) is 11.6 Å². The number of hydrogen-bond donors (Lipinski definition) is 2. The van der Waals surface area contributed by atoms with E-state index in [1.165, 1.54) is 12.1 Å². The molecule has 2 aromatic carbocycles. The Bertz CT molecular complexity index is 806. The van der Waals surface area contributed by atoms with E-state index < -0.39 is 10.0 Å². The average molecular weight is 353 g/mol. The SMILES string of the molecule is CCNS(=O)(=O)c1cccc(C(=O)NCc2cccc(Cl)c2)c1. The van der Waals surface area contributed by atoms with Gasteiger partial charge in [-0.15, -0.1) is 0 Å². The molecule has 2 N–H and O–H groups in total. The molecule has 0 aromatic heterocycles. The fraction of sp³-hybridized carbons (Fsp3) is 0.188. The Morgan fingerprint density at radius 2 is 1.87 bits per heavy atom. The zero-order chi connectivity index (χ0) is 16.9. The van der Waals surface area contributed by atoms with Gasteiger partial charge in [-0.2, -0.15) is 0 Å². The first-order valence-corrected chi connectivity index (χ1v) is 8.91. The van der Waals surface area contributed by atoms with E-state index >= 15 is 0 Å². The molecule has 2 rings (SSSR count). The minimum atomic E-state index is -3.59. The zero-order valence-corrected chi connectivity index (χ0v) is 14.1. The third kappa shape index (κ3) is 4.79. The number of halogens is 1. The highest BCUT2D eigenvalue weighted by atomic mass is 35.5. The first-order valence-electron chi connectivity index (χ1n) is 7.05. The monoisotopic (exact) mass is 352 g/mol. The third-order valence-electron chi connectivity index (χ3n) is 3.08. The van der Waals surface area contributed by atoms with Crippen LogP contribution in [0.3, 0.4) is 0 Å². The quantitative estimate of drug-likeness (QED) is 0.839. The van der Waals surface area contributed by atoms with Gasteiger partial charge in [0, 0.05) is 23.7 Å². The molecule has 0 unspecified atom stereocenters. The predicted molar refractivity (Wildman–Crippen MR) is 89.9 cm³/mol. The second-order valence-electron chi connectivity index (χ2n) is 4.84. The highest BCUT2D eigenvalue weighted by molar-refractivity contribution is 7.89. The van der Waals surface area contributed by atoms with Gasteiger partial charge in [-0.3, -0.25) is 4.79 Å². The molecule has 0 saturated heterocycles. The lowest BCUT2D eigenvalue weighted by Crippen LogP contribution is -2.25. The van der Waals surface area contributed by atoms with Gasteiger partial charge in [0.15, 0.2) is 0 Å². The van der Waals surface area contributed by atoms with E-state index in [1.807, 2.05) is 6.07 Å². The van der Waals surface area contributed by atoms with E-state index in [1.54, 1.807) is 37.3 Å². The standard InChI is InChI=1S/C16H17ClN2O3S/c1-2-19-23(21,22)15-8-4-6-13(10-15)16(20)18-11-12-5-3-7-14(17)9-12/h3-10,19H,2,11H2,1H3,(H,18,20). The van der Waals surface area contributed by atoms with Crippen LogP contribution in [0, 0.1) is 0 Å². The van der Waals surface area contributed by atoms with Crippen molar-refractivity contribution in [1.29, 1.82) is 0 Å². The van der Waals surface area contributed by atoms with Crippen molar-refractivity contribution in [3.05, 3.63) is 64.7 Å². The number of sulfonamides is 1. The van der Waals surface area contributed by atoms with E-state index in [0.717, 1.165) is 5.56 Å². The molecule has 0 heterocycles. The van der Waals surface area contributed by atoms with Gasteiger partial charge >= 0.3 is 0 Å². The van der Waals surface area contributed by atoms with Crippen molar-refractivity contribution in [2.45, 2.75) is 18.4 Å². The lowest BCUT2D eigenvalue weighted by molar-refractivity contribution is 0.0950. The van der Waals surface area contributed by atoms with Crippen molar-refractivity contribution in [3.8, 4) is 0 Å². The largest absolute Gasteiger partial charge is 0.348 e.